The third kappa shape index (κ3) is 6.14. The number of hydrogen-bond acceptors (Lipinski definition) is 7. The van der Waals surface area contributed by atoms with Crippen molar-refractivity contribution in [3.63, 3.8) is 0 Å². The quantitative estimate of drug-likeness (QED) is 0.406. The van der Waals surface area contributed by atoms with E-state index in [0.29, 0.717) is 17.9 Å². The van der Waals surface area contributed by atoms with E-state index >= 15 is 0 Å². The number of sulfonamides is 1. The van der Waals surface area contributed by atoms with E-state index < -0.39 is 21.8 Å². The smallest absolute Gasteiger partial charge is 0.261 e. The highest BCUT2D eigenvalue weighted by molar-refractivity contribution is 7.92. The molecule has 0 radical (unpaired) electrons. The van der Waals surface area contributed by atoms with E-state index in [-0.39, 0.29) is 36.0 Å². The van der Waals surface area contributed by atoms with Crippen molar-refractivity contribution in [3.8, 4) is 0 Å². The van der Waals surface area contributed by atoms with Crippen LogP contribution >= 0.6 is 0 Å². The van der Waals surface area contributed by atoms with Crippen LogP contribution in [0.3, 0.4) is 0 Å². The molecule has 1 unspecified atom stereocenters. The summed E-state index contributed by atoms with van der Waals surface area (Å²) < 4.78 is 27.4. The minimum absolute atomic E-state index is 0.0188. The molecule has 1 aliphatic heterocycles. The molecule has 1 aliphatic rings. The molecule has 9 nitrogen and oxygen atoms in total. The lowest BCUT2D eigenvalue weighted by atomic mass is 9.95. The maximum Gasteiger partial charge on any atom is 0.261 e. The molecule has 170 valence electrons. The number of nitrogens with one attached hydrogen (secondary N) is 3. The third-order valence-corrected chi connectivity index (χ3v) is 6.46. The van der Waals surface area contributed by atoms with Crippen molar-refractivity contribution in [1.29, 1.82) is 0 Å². The molecule has 2 aromatic rings. The molecular formula is C22H26N4O5S. The van der Waals surface area contributed by atoms with Gasteiger partial charge in [0.25, 0.3) is 10.0 Å². The van der Waals surface area contributed by atoms with Gasteiger partial charge in [-0.1, -0.05) is 17.7 Å². The van der Waals surface area contributed by atoms with Gasteiger partial charge in [-0.2, -0.15) is 0 Å². The van der Waals surface area contributed by atoms with Gasteiger partial charge in [0.2, 0.25) is 5.91 Å². The van der Waals surface area contributed by atoms with E-state index in [9.17, 15) is 22.8 Å². The fourth-order valence-electron chi connectivity index (χ4n) is 3.36. The number of hydrazine groups is 1. The molecule has 0 aliphatic carbocycles. The van der Waals surface area contributed by atoms with E-state index in [0.717, 1.165) is 5.56 Å². The van der Waals surface area contributed by atoms with Crippen LogP contribution in [-0.2, 0) is 24.4 Å². The van der Waals surface area contributed by atoms with Crippen molar-refractivity contribution in [1.82, 2.24) is 10.3 Å². The number of ketones is 2. The van der Waals surface area contributed by atoms with Gasteiger partial charge in [0.05, 0.1) is 17.1 Å². The SMILES string of the molecule is CC(=O)CN1CCC(=O)C(C(=O)NNc2ccc(NS(=O)(=O)c3ccc(C)cc3)cc2)C1. The summed E-state index contributed by atoms with van der Waals surface area (Å²) in [6.07, 6.45) is 0.223. The predicted octanol–water partition coefficient (Wildman–Crippen LogP) is 1.72. The lowest BCUT2D eigenvalue weighted by Gasteiger charge is -2.30. The maximum absolute atomic E-state index is 12.5. The summed E-state index contributed by atoms with van der Waals surface area (Å²) in [7, 11) is -3.71. The number of aryl methyl sites for hydroxylation is 1. The standard InChI is InChI=1S/C22H26N4O5S/c1-15-3-9-19(10-4-15)32(30,31)25-18-7-5-17(6-8-18)23-24-22(29)20-14-26(13-16(2)27)12-11-21(20)28/h3-10,20,23,25H,11-14H2,1-2H3,(H,24,29). The highest BCUT2D eigenvalue weighted by Gasteiger charge is 2.33. The van der Waals surface area contributed by atoms with Crippen LogP contribution in [0, 0.1) is 12.8 Å². The zero-order chi connectivity index (χ0) is 23.3. The Hall–Kier alpha value is -3.24. The summed E-state index contributed by atoms with van der Waals surface area (Å²) in [6, 6.07) is 12.8. The van der Waals surface area contributed by atoms with Crippen molar-refractivity contribution < 1.29 is 22.8 Å². The first-order chi connectivity index (χ1) is 15.1. The normalized spacial score (nSPS) is 16.9. The Balaban J connectivity index is 1.56. The number of Topliss-reactive ketones (excluding diaryl/α,β-unsaturated/α-hetero) is 2. The molecule has 3 N–H and O–H groups in total. The lowest BCUT2D eigenvalue weighted by molar-refractivity contribution is -0.138. The fourth-order valence-corrected chi connectivity index (χ4v) is 4.41. The molecule has 0 saturated carbocycles. The summed E-state index contributed by atoms with van der Waals surface area (Å²) in [5.74, 6) is -1.51. The molecule has 0 aromatic heterocycles. The van der Waals surface area contributed by atoms with Crippen LogP contribution in [-0.4, -0.2) is 50.4 Å². The van der Waals surface area contributed by atoms with Gasteiger partial charge in [-0.05, 0) is 50.2 Å². The number of carbonyl (C=O) groups is 3. The largest absolute Gasteiger partial charge is 0.299 e. The van der Waals surface area contributed by atoms with E-state index in [2.05, 4.69) is 15.6 Å². The number of amides is 1. The summed E-state index contributed by atoms with van der Waals surface area (Å²) in [5, 5.41) is 0. The number of benzene rings is 2. The number of carbonyl (C=O) groups excluding carboxylic acids is 3. The third-order valence-electron chi connectivity index (χ3n) is 5.07. The first kappa shape index (κ1) is 23.4. The molecule has 1 atom stereocenters. The second-order valence-corrected chi connectivity index (χ2v) is 9.50. The number of nitrogens with zero attached hydrogens (tertiary/aromatic N) is 1. The first-order valence-corrected chi connectivity index (χ1v) is 11.6. The van der Waals surface area contributed by atoms with Crippen LogP contribution in [0.1, 0.15) is 18.9 Å². The van der Waals surface area contributed by atoms with E-state index in [1.807, 2.05) is 6.92 Å². The van der Waals surface area contributed by atoms with Crippen LogP contribution in [0.25, 0.3) is 0 Å². The van der Waals surface area contributed by atoms with Crippen LogP contribution in [0.2, 0.25) is 0 Å². The van der Waals surface area contributed by atoms with Gasteiger partial charge in [-0.15, -0.1) is 0 Å². The van der Waals surface area contributed by atoms with E-state index in [1.54, 1.807) is 41.3 Å². The monoisotopic (exact) mass is 458 g/mol. The Morgan fingerprint density at radius 3 is 2.28 bits per heavy atom. The fraction of sp³-hybridized carbons (Fsp3) is 0.318. The van der Waals surface area contributed by atoms with Gasteiger partial charge in [-0.25, -0.2) is 8.42 Å². The summed E-state index contributed by atoms with van der Waals surface area (Å²) in [4.78, 5) is 37.8. The van der Waals surface area contributed by atoms with Crippen molar-refractivity contribution >= 4 is 38.9 Å². The highest BCUT2D eigenvalue weighted by Crippen LogP contribution is 2.19. The zero-order valence-electron chi connectivity index (χ0n) is 17.9. The van der Waals surface area contributed by atoms with E-state index in [1.165, 1.54) is 19.1 Å². The molecule has 0 spiro atoms. The molecule has 0 bridgehead atoms. The van der Waals surface area contributed by atoms with Crippen LogP contribution in [0.4, 0.5) is 11.4 Å². The van der Waals surface area contributed by atoms with Gasteiger partial charge in [0.15, 0.2) is 0 Å². The summed E-state index contributed by atoms with van der Waals surface area (Å²) >= 11 is 0. The van der Waals surface area contributed by atoms with Crippen molar-refractivity contribution in [2.75, 3.05) is 29.8 Å². The average molecular weight is 459 g/mol. The molecule has 3 rings (SSSR count). The van der Waals surface area contributed by atoms with Gasteiger partial charge in [0.1, 0.15) is 17.5 Å². The van der Waals surface area contributed by atoms with Gasteiger partial charge >= 0.3 is 0 Å². The van der Waals surface area contributed by atoms with Gasteiger partial charge in [-0.3, -0.25) is 34.9 Å². The Kier molecular flexibility index (Phi) is 7.26. The maximum atomic E-state index is 12.5. The number of likely N-dealkylation sites (tertiary alicyclic amines) is 1. The lowest BCUT2D eigenvalue weighted by Crippen LogP contribution is -2.50. The number of rotatable bonds is 8. The summed E-state index contributed by atoms with van der Waals surface area (Å²) in [5.41, 5.74) is 7.08. The number of piperidine rings is 1. The number of anilines is 2. The van der Waals surface area contributed by atoms with Crippen molar-refractivity contribution in [2.24, 2.45) is 5.92 Å². The van der Waals surface area contributed by atoms with Crippen LogP contribution < -0.4 is 15.6 Å². The average Bonchev–Trinajstić information content (AvgIpc) is 2.74. The van der Waals surface area contributed by atoms with Crippen molar-refractivity contribution in [2.45, 2.75) is 25.2 Å². The summed E-state index contributed by atoms with van der Waals surface area (Å²) in [6.45, 7) is 4.23. The molecule has 2 aromatic carbocycles. The Bertz CT molecular complexity index is 1100. The molecule has 10 heteroatoms. The Morgan fingerprint density at radius 2 is 1.66 bits per heavy atom. The molecule has 1 saturated heterocycles. The highest BCUT2D eigenvalue weighted by atomic mass is 32.2. The topological polar surface area (TPSA) is 125 Å². The zero-order valence-corrected chi connectivity index (χ0v) is 18.7. The number of hydrogen-bond donors (Lipinski definition) is 3. The minimum Gasteiger partial charge on any atom is -0.299 e. The van der Waals surface area contributed by atoms with Crippen LogP contribution in [0.5, 0.6) is 0 Å². The minimum atomic E-state index is -3.71. The predicted molar refractivity (Wildman–Crippen MR) is 120 cm³/mol. The van der Waals surface area contributed by atoms with Crippen LogP contribution in [0.15, 0.2) is 53.4 Å². The van der Waals surface area contributed by atoms with Gasteiger partial charge < -0.3 is 0 Å². The molecule has 1 heterocycles. The van der Waals surface area contributed by atoms with E-state index in [4.69, 9.17) is 0 Å². The molecule has 1 fully saturated rings. The molecule has 32 heavy (non-hydrogen) atoms. The molecular weight excluding hydrogens is 432 g/mol. The second kappa shape index (κ2) is 9.92. The van der Waals surface area contributed by atoms with Crippen molar-refractivity contribution in [3.05, 3.63) is 54.1 Å². The van der Waals surface area contributed by atoms with Gasteiger partial charge in [0, 0.05) is 25.2 Å². The Labute approximate surface area is 187 Å². The first-order valence-electron chi connectivity index (χ1n) is 10.1. The molecule has 1 amide bonds. The second-order valence-electron chi connectivity index (χ2n) is 7.82. The Morgan fingerprint density at radius 1 is 1.03 bits per heavy atom.